The molecule has 7 heteroatoms. The molecule has 3 atom stereocenters. The predicted molar refractivity (Wildman–Crippen MR) is 118 cm³/mol. The molecule has 0 aliphatic rings. The molecule has 0 aliphatic carbocycles. The summed E-state index contributed by atoms with van der Waals surface area (Å²) >= 11 is 0. The van der Waals surface area contributed by atoms with Gasteiger partial charge in [0.25, 0.3) is 5.91 Å². The van der Waals surface area contributed by atoms with Crippen LogP contribution in [0.5, 0.6) is 0 Å². The fourth-order valence-corrected chi connectivity index (χ4v) is 2.91. The molecule has 0 radical (unpaired) electrons. The molecule has 5 N–H and O–H groups in total. The van der Waals surface area contributed by atoms with Crippen LogP contribution in [0.2, 0.25) is 0 Å². The first-order chi connectivity index (χ1) is 13.3. The molecule has 0 bridgehead atoms. The molecule has 0 saturated heterocycles. The average molecular weight is 420 g/mol. The van der Waals surface area contributed by atoms with Gasteiger partial charge in [0.1, 0.15) is 6.04 Å². The van der Waals surface area contributed by atoms with Crippen molar-refractivity contribution < 1.29 is 14.7 Å². The van der Waals surface area contributed by atoms with Gasteiger partial charge in [0.15, 0.2) is 6.10 Å². The summed E-state index contributed by atoms with van der Waals surface area (Å²) in [4.78, 5) is 25.3. The largest absolute Gasteiger partial charge is 0.381 e. The number of carbonyl (C=O) groups is 2. The molecule has 2 rings (SSSR count). The minimum atomic E-state index is -1.46. The molecule has 6 nitrogen and oxygen atoms in total. The molecule has 0 unspecified atom stereocenters. The Labute approximate surface area is 178 Å². The van der Waals surface area contributed by atoms with Gasteiger partial charge in [0.05, 0.1) is 6.04 Å². The normalized spacial score (nSPS) is 13.7. The van der Waals surface area contributed by atoms with Crippen molar-refractivity contribution >= 4 is 29.9 Å². The number of nitrogens with two attached hydrogens (primary N) is 1. The Balaban J connectivity index is 0.00000420. The highest BCUT2D eigenvalue weighted by atomic mass is 35.5. The summed E-state index contributed by atoms with van der Waals surface area (Å²) in [6.45, 7) is 5.83. The van der Waals surface area contributed by atoms with Crippen molar-refractivity contribution in [3.05, 3.63) is 65.7 Å². The van der Waals surface area contributed by atoms with Crippen LogP contribution in [0.1, 0.15) is 37.4 Å². The van der Waals surface area contributed by atoms with Gasteiger partial charge in [-0.3, -0.25) is 9.59 Å². The van der Waals surface area contributed by atoms with E-state index in [0.29, 0.717) is 17.7 Å². The molecule has 2 aromatic rings. The number of hydrogen-bond acceptors (Lipinski definition) is 4. The van der Waals surface area contributed by atoms with Crippen molar-refractivity contribution in [1.29, 1.82) is 0 Å². The number of aliphatic hydroxyl groups is 1. The monoisotopic (exact) mass is 419 g/mol. The van der Waals surface area contributed by atoms with E-state index in [4.69, 9.17) is 5.73 Å². The minimum absolute atomic E-state index is 0. The average Bonchev–Trinajstić information content (AvgIpc) is 2.68. The van der Waals surface area contributed by atoms with E-state index in [-0.39, 0.29) is 24.2 Å². The van der Waals surface area contributed by atoms with E-state index in [9.17, 15) is 14.7 Å². The topological polar surface area (TPSA) is 104 Å². The lowest BCUT2D eigenvalue weighted by atomic mass is 9.99. The Morgan fingerprint density at radius 1 is 1.00 bits per heavy atom. The maximum absolute atomic E-state index is 12.8. The number of nitrogens with one attached hydrogen (secondary N) is 2. The predicted octanol–water partition coefficient (Wildman–Crippen LogP) is 2.95. The van der Waals surface area contributed by atoms with Crippen molar-refractivity contribution in [2.75, 3.05) is 5.32 Å². The zero-order valence-electron chi connectivity index (χ0n) is 17.0. The van der Waals surface area contributed by atoms with Gasteiger partial charge >= 0.3 is 0 Å². The summed E-state index contributed by atoms with van der Waals surface area (Å²) in [5.41, 5.74) is 8.29. The summed E-state index contributed by atoms with van der Waals surface area (Å²) in [6, 6.07) is 14.7. The van der Waals surface area contributed by atoms with Gasteiger partial charge in [-0.2, -0.15) is 0 Å². The highest BCUT2D eigenvalue weighted by molar-refractivity contribution is 5.98. The van der Waals surface area contributed by atoms with E-state index in [0.717, 1.165) is 5.56 Å². The zero-order valence-corrected chi connectivity index (χ0v) is 17.8. The Bertz CT molecular complexity index is 799. The van der Waals surface area contributed by atoms with E-state index < -0.39 is 24.1 Å². The number of halogens is 1. The van der Waals surface area contributed by atoms with Crippen molar-refractivity contribution in [3.8, 4) is 0 Å². The van der Waals surface area contributed by atoms with Crippen molar-refractivity contribution in [3.63, 3.8) is 0 Å². The Morgan fingerprint density at radius 2 is 1.59 bits per heavy atom. The van der Waals surface area contributed by atoms with Crippen LogP contribution in [-0.4, -0.2) is 29.1 Å². The third kappa shape index (κ3) is 7.16. The van der Waals surface area contributed by atoms with Gasteiger partial charge < -0.3 is 21.5 Å². The van der Waals surface area contributed by atoms with E-state index >= 15 is 0 Å². The lowest BCUT2D eigenvalue weighted by Gasteiger charge is -2.24. The number of hydrogen-bond donors (Lipinski definition) is 4. The van der Waals surface area contributed by atoms with Crippen LogP contribution >= 0.6 is 12.4 Å². The third-order valence-electron chi connectivity index (χ3n) is 4.54. The number of aryl methyl sites for hydroxylation is 1. The number of carbonyl (C=O) groups excluding carboxylic acids is 2. The zero-order chi connectivity index (χ0) is 20.7. The van der Waals surface area contributed by atoms with E-state index in [1.807, 2.05) is 51.1 Å². The molecule has 0 aliphatic heterocycles. The molecule has 0 fully saturated rings. The summed E-state index contributed by atoms with van der Waals surface area (Å²) < 4.78 is 0. The van der Waals surface area contributed by atoms with Gasteiger partial charge in [-0.15, -0.1) is 12.4 Å². The summed E-state index contributed by atoms with van der Waals surface area (Å²) in [5, 5.41) is 15.9. The van der Waals surface area contributed by atoms with Crippen molar-refractivity contribution in [2.24, 2.45) is 11.7 Å². The van der Waals surface area contributed by atoms with Crippen molar-refractivity contribution in [2.45, 2.75) is 45.4 Å². The smallest absolute Gasteiger partial charge is 0.251 e. The second-order valence-electron chi connectivity index (χ2n) is 7.38. The van der Waals surface area contributed by atoms with Crippen LogP contribution in [0.25, 0.3) is 0 Å². The Kier molecular flexibility index (Phi) is 9.81. The molecule has 2 amide bonds. The molecule has 0 saturated carbocycles. The highest BCUT2D eigenvalue weighted by Gasteiger charge is 2.29. The van der Waals surface area contributed by atoms with Gasteiger partial charge in [0.2, 0.25) is 5.91 Å². The second kappa shape index (κ2) is 11.6. The fourth-order valence-electron chi connectivity index (χ4n) is 2.91. The molecule has 29 heavy (non-hydrogen) atoms. The number of para-hydroxylation sites is 1. The number of aliphatic hydroxyl groups excluding tert-OH is 1. The third-order valence-corrected chi connectivity index (χ3v) is 4.54. The Hall–Kier alpha value is -2.41. The molecule has 2 aromatic carbocycles. The Morgan fingerprint density at radius 3 is 2.17 bits per heavy atom. The van der Waals surface area contributed by atoms with Crippen LogP contribution in [-0.2, 0) is 9.59 Å². The van der Waals surface area contributed by atoms with Gasteiger partial charge in [-0.25, -0.2) is 0 Å². The molecular formula is C22H30ClN3O3. The van der Waals surface area contributed by atoms with E-state index in [1.165, 1.54) is 0 Å². The van der Waals surface area contributed by atoms with Crippen LogP contribution in [0.4, 0.5) is 5.69 Å². The van der Waals surface area contributed by atoms with E-state index in [2.05, 4.69) is 10.6 Å². The summed E-state index contributed by atoms with van der Waals surface area (Å²) in [6.07, 6.45) is -1.01. The van der Waals surface area contributed by atoms with Crippen LogP contribution in [0.3, 0.4) is 0 Å². The first kappa shape index (κ1) is 24.6. The number of anilines is 1. The maximum atomic E-state index is 12.8. The van der Waals surface area contributed by atoms with Crippen molar-refractivity contribution in [1.82, 2.24) is 5.32 Å². The first-order valence-corrected chi connectivity index (χ1v) is 9.45. The van der Waals surface area contributed by atoms with Crippen LogP contribution < -0.4 is 16.4 Å². The quantitative estimate of drug-likeness (QED) is 0.528. The van der Waals surface area contributed by atoms with E-state index in [1.54, 1.807) is 24.3 Å². The standard InChI is InChI=1S/C22H29N3O3.ClH/c1-14(2)13-18(21(27)24-17-12-8-7-9-15(17)3)25-22(28)20(26)19(23)16-10-5-4-6-11-16;/h4-12,14,18-20,26H,13,23H2,1-3H3,(H,24,27)(H,25,28);1H/t18-,19-,20+;/m0./s1. The second-order valence-corrected chi connectivity index (χ2v) is 7.38. The molecule has 158 valence electrons. The maximum Gasteiger partial charge on any atom is 0.251 e. The van der Waals surface area contributed by atoms with Crippen LogP contribution in [0, 0.1) is 12.8 Å². The lowest BCUT2D eigenvalue weighted by molar-refractivity contribution is -0.133. The van der Waals surface area contributed by atoms with Gasteiger partial charge in [0, 0.05) is 5.69 Å². The molecule has 0 heterocycles. The number of amides is 2. The number of rotatable bonds is 8. The molecular weight excluding hydrogens is 390 g/mol. The van der Waals surface area contributed by atoms with Gasteiger partial charge in [-0.1, -0.05) is 62.4 Å². The fraction of sp³-hybridized carbons (Fsp3) is 0.364. The molecule has 0 spiro atoms. The lowest BCUT2D eigenvalue weighted by Crippen LogP contribution is -2.50. The summed E-state index contributed by atoms with van der Waals surface area (Å²) in [7, 11) is 0. The highest BCUT2D eigenvalue weighted by Crippen LogP contribution is 2.17. The minimum Gasteiger partial charge on any atom is -0.381 e. The SMILES string of the molecule is Cc1ccccc1NC(=O)[C@H](CC(C)C)NC(=O)[C@H](O)[C@@H](N)c1ccccc1.Cl. The summed E-state index contributed by atoms with van der Waals surface area (Å²) in [5.74, 6) is -0.813. The molecule has 0 aromatic heterocycles. The van der Waals surface area contributed by atoms with Crippen LogP contribution in [0.15, 0.2) is 54.6 Å². The van der Waals surface area contributed by atoms with Gasteiger partial charge in [-0.05, 0) is 36.5 Å². The number of benzene rings is 2. The first-order valence-electron chi connectivity index (χ1n) is 9.45.